The van der Waals surface area contributed by atoms with Crippen molar-refractivity contribution in [2.24, 2.45) is 23.5 Å². The fourth-order valence-corrected chi connectivity index (χ4v) is 7.08. The molecule has 2 saturated carbocycles. The molecule has 1 amide bonds. The van der Waals surface area contributed by atoms with Crippen LogP contribution in [-0.2, 0) is 27.3 Å². The molecule has 5 rings (SSSR count). The maximum absolute atomic E-state index is 14.1. The van der Waals surface area contributed by atoms with Crippen molar-refractivity contribution in [2.75, 3.05) is 38.4 Å². The Hall–Kier alpha value is -4.44. The molecular formula is C31H35N5O7. The number of nitriles is 1. The van der Waals surface area contributed by atoms with E-state index >= 15 is 0 Å². The molecule has 0 bridgehead atoms. The van der Waals surface area contributed by atoms with Crippen molar-refractivity contribution in [3.63, 3.8) is 0 Å². The molecule has 0 aromatic heterocycles. The van der Waals surface area contributed by atoms with Gasteiger partial charge in [0.05, 0.1) is 29.0 Å². The van der Waals surface area contributed by atoms with Crippen LogP contribution in [0.4, 0.5) is 11.4 Å². The lowest BCUT2D eigenvalue weighted by Crippen LogP contribution is -2.73. The number of phenols is 1. The fraction of sp³-hybridized carbons (Fsp3) is 0.419. The zero-order valence-electron chi connectivity index (χ0n) is 24.3. The second-order valence-electron chi connectivity index (χ2n) is 12.0. The molecule has 0 saturated heterocycles. The van der Waals surface area contributed by atoms with Gasteiger partial charge in [0, 0.05) is 43.9 Å². The van der Waals surface area contributed by atoms with Crippen LogP contribution < -0.4 is 16.0 Å². The van der Waals surface area contributed by atoms with E-state index < -0.39 is 58.7 Å². The summed E-state index contributed by atoms with van der Waals surface area (Å²) < 4.78 is 0. The van der Waals surface area contributed by atoms with Gasteiger partial charge in [0.25, 0.3) is 0 Å². The molecular weight excluding hydrogens is 554 g/mol. The van der Waals surface area contributed by atoms with Crippen molar-refractivity contribution >= 4 is 34.6 Å². The van der Waals surface area contributed by atoms with Gasteiger partial charge in [0.1, 0.15) is 17.4 Å². The number of amides is 1. The number of anilines is 2. The lowest BCUT2D eigenvalue weighted by Gasteiger charge is -2.53. The Morgan fingerprint density at radius 1 is 1.16 bits per heavy atom. The van der Waals surface area contributed by atoms with E-state index in [2.05, 4.69) is 11.4 Å². The Morgan fingerprint density at radius 2 is 1.81 bits per heavy atom. The minimum atomic E-state index is -2.71. The molecule has 3 aliphatic carbocycles. The molecule has 0 spiro atoms. The first kappa shape index (κ1) is 30.0. The van der Waals surface area contributed by atoms with Crippen LogP contribution in [0.3, 0.4) is 0 Å². The van der Waals surface area contributed by atoms with Crippen LogP contribution in [0.2, 0.25) is 0 Å². The van der Waals surface area contributed by atoms with Crippen molar-refractivity contribution in [3.05, 3.63) is 58.2 Å². The molecule has 226 valence electrons. The Balaban J connectivity index is 1.62. The molecule has 12 nitrogen and oxygen atoms in total. The number of hydrogen-bond acceptors (Lipinski definition) is 11. The summed E-state index contributed by atoms with van der Waals surface area (Å²) in [5, 5.41) is 58.1. The molecule has 6 atom stereocenters. The van der Waals surface area contributed by atoms with Crippen molar-refractivity contribution in [1.29, 1.82) is 5.26 Å². The predicted molar refractivity (Wildman–Crippen MR) is 157 cm³/mol. The lowest BCUT2D eigenvalue weighted by molar-refractivity contribution is -0.184. The molecule has 0 aliphatic heterocycles. The first-order chi connectivity index (χ1) is 20.2. The molecule has 2 aromatic carbocycles. The second-order valence-corrected chi connectivity index (χ2v) is 12.0. The number of phenolic OH excluding ortho intramolecular Hbond substituents is 1. The van der Waals surface area contributed by atoms with Gasteiger partial charge >= 0.3 is 0 Å². The zero-order valence-corrected chi connectivity index (χ0v) is 24.3. The van der Waals surface area contributed by atoms with E-state index in [9.17, 15) is 34.8 Å². The predicted octanol–water partition coefficient (Wildman–Crippen LogP) is 0.679. The first-order valence-corrected chi connectivity index (χ1v) is 13.9. The molecule has 12 heteroatoms. The summed E-state index contributed by atoms with van der Waals surface area (Å²) in [5.41, 5.74) is 5.40. The summed E-state index contributed by atoms with van der Waals surface area (Å²) in [6.07, 6.45) is -1.29. The summed E-state index contributed by atoms with van der Waals surface area (Å²) >= 11 is 0. The van der Waals surface area contributed by atoms with E-state index in [0.717, 1.165) is 5.56 Å². The summed E-state index contributed by atoms with van der Waals surface area (Å²) in [7, 11) is 6.83. The van der Waals surface area contributed by atoms with Gasteiger partial charge in [0.15, 0.2) is 11.4 Å². The maximum Gasteiger partial charge on any atom is 0.230 e. The van der Waals surface area contributed by atoms with Crippen molar-refractivity contribution < 1.29 is 34.8 Å². The molecule has 2 aromatic rings. The number of Topliss-reactive ketones (excluding diaryl/α,β-unsaturated/α-hetero) is 2. The second kappa shape index (κ2) is 10.7. The number of hydrogen-bond donors (Lipinski definition) is 6. The average Bonchev–Trinajstić information content (AvgIpc) is 2.94. The summed E-state index contributed by atoms with van der Waals surface area (Å²) in [5.74, 6) is -7.83. The summed E-state index contributed by atoms with van der Waals surface area (Å²) in [6.45, 7) is 0.280. The average molecular weight is 590 g/mol. The normalized spacial score (nSPS) is 28.1. The lowest BCUT2D eigenvalue weighted by atomic mass is 9.54. The van der Waals surface area contributed by atoms with Gasteiger partial charge in [0.2, 0.25) is 11.7 Å². The number of likely N-dealkylation sites (N-methyl/N-ethyl adjacent to an activating group) is 1. The number of nitrogens with two attached hydrogens (primary N) is 1. The smallest absolute Gasteiger partial charge is 0.230 e. The van der Waals surface area contributed by atoms with Crippen molar-refractivity contribution in [2.45, 2.75) is 37.1 Å². The number of aliphatic hydroxyl groups is 3. The van der Waals surface area contributed by atoms with E-state index in [0.29, 0.717) is 16.8 Å². The van der Waals surface area contributed by atoms with Gasteiger partial charge in [-0.05, 0) is 62.2 Å². The van der Waals surface area contributed by atoms with Gasteiger partial charge in [-0.1, -0.05) is 12.1 Å². The van der Waals surface area contributed by atoms with Gasteiger partial charge in [-0.3, -0.25) is 14.4 Å². The number of aromatic hydroxyl groups is 1. The highest BCUT2D eigenvalue weighted by atomic mass is 16.3. The third-order valence-electron chi connectivity index (χ3n) is 9.11. The largest absolute Gasteiger partial charge is 0.507 e. The zero-order chi connectivity index (χ0) is 31.5. The number of carbonyl (C=O) groups is 3. The molecule has 3 aliphatic rings. The SMILES string of the molecule is CN(C)c1cc(NCc2ccc(C#N)cc2)c(O)c2c1C[C@@H]1C[C@@H]3[C@@H](N(C)C)C(O)C(C(N)=O)C(=O)[C@]3(O)C(=O)C1=C2O. The quantitative estimate of drug-likeness (QED) is 0.204. The number of benzene rings is 2. The third-order valence-corrected chi connectivity index (χ3v) is 9.11. The minimum absolute atomic E-state index is 0.00841. The van der Waals surface area contributed by atoms with E-state index in [4.69, 9.17) is 11.0 Å². The Morgan fingerprint density at radius 3 is 2.37 bits per heavy atom. The van der Waals surface area contributed by atoms with Crippen LogP contribution in [0.15, 0.2) is 35.9 Å². The van der Waals surface area contributed by atoms with E-state index in [1.807, 2.05) is 4.90 Å². The number of fused-ring (bicyclic) bond motifs is 3. The summed E-state index contributed by atoms with van der Waals surface area (Å²) in [4.78, 5) is 43.2. The monoisotopic (exact) mass is 589 g/mol. The van der Waals surface area contributed by atoms with Crippen molar-refractivity contribution in [3.8, 4) is 11.8 Å². The maximum atomic E-state index is 14.1. The number of carbonyl (C=O) groups excluding carboxylic acids is 3. The number of rotatable bonds is 6. The van der Waals surface area contributed by atoms with Gasteiger partial charge in [-0.25, -0.2) is 0 Å². The number of nitrogens with zero attached hydrogens (tertiary/aromatic N) is 3. The van der Waals surface area contributed by atoms with E-state index in [1.54, 1.807) is 63.4 Å². The Bertz CT molecular complexity index is 1590. The minimum Gasteiger partial charge on any atom is -0.507 e. The molecule has 0 heterocycles. The van der Waals surface area contributed by atoms with Crippen LogP contribution in [-0.4, -0.2) is 88.7 Å². The van der Waals surface area contributed by atoms with Crippen molar-refractivity contribution in [1.82, 2.24) is 4.90 Å². The Labute approximate surface area is 248 Å². The Kier molecular flexibility index (Phi) is 7.46. The highest BCUT2D eigenvalue weighted by molar-refractivity contribution is 6.25. The molecule has 43 heavy (non-hydrogen) atoms. The number of ketones is 2. The van der Waals surface area contributed by atoms with E-state index in [1.165, 1.54) is 0 Å². The molecule has 0 radical (unpaired) electrons. The highest BCUT2D eigenvalue weighted by Gasteiger charge is 2.67. The molecule has 2 unspecified atom stereocenters. The van der Waals surface area contributed by atoms with Crippen LogP contribution in [0.25, 0.3) is 5.76 Å². The van der Waals surface area contributed by atoms with Crippen LogP contribution >= 0.6 is 0 Å². The summed E-state index contributed by atoms with van der Waals surface area (Å²) in [6, 6.07) is 9.74. The number of aliphatic hydroxyl groups excluding tert-OH is 2. The van der Waals surface area contributed by atoms with Gasteiger partial charge in [-0.15, -0.1) is 0 Å². The van der Waals surface area contributed by atoms with Crippen LogP contribution in [0, 0.1) is 29.1 Å². The number of nitrogens with one attached hydrogen (secondary N) is 1. The van der Waals surface area contributed by atoms with Crippen LogP contribution in [0.5, 0.6) is 5.75 Å². The highest BCUT2D eigenvalue weighted by Crippen LogP contribution is 2.54. The van der Waals surface area contributed by atoms with Crippen LogP contribution in [0.1, 0.15) is 28.7 Å². The third kappa shape index (κ3) is 4.52. The first-order valence-electron chi connectivity index (χ1n) is 13.9. The molecule has 2 fully saturated rings. The fourth-order valence-electron chi connectivity index (χ4n) is 7.08. The molecule has 7 N–H and O–H groups in total. The standard InChI is InChI=1S/C31H35N5O7/c1-35(2)20-11-19(34-13-15-7-5-14(12-32)6-8-15)25(37)22-17(20)9-16-10-18-24(36(3)4)27(39)23(30(33)42)29(41)31(18,43)28(40)21(16)26(22)38/h5-8,11,16,18,23-24,27,34,37-39,43H,9-10,13H2,1-4H3,(H2,33,42)/t16-,18-,23?,24-,27?,31-/m1/s1. The van der Waals surface area contributed by atoms with E-state index in [-0.39, 0.29) is 42.0 Å². The number of primary amides is 1. The van der Waals surface area contributed by atoms with Gasteiger partial charge in [-0.2, -0.15) is 5.26 Å². The topological polar surface area (TPSA) is 200 Å². The van der Waals surface area contributed by atoms with Gasteiger partial charge < -0.3 is 41.3 Å².